The third-order valence-electron chi connectivity index (χ3n) is 12.0. The van der Waals surface area contributed by atoms with Crippen LogP contribution in [0, 0.1) is 11.8 Å². The van der Waals surface area contributed by atoms with E-state index in [1.165, 1.54) is 12.8 Å². The van der Waals surface area contributed by atoms with Crippen LogP contribution in [0.2, 0.25) is 0 Å². The second-order valence-electron chi connectivity index (χ2n) is 15.4. The number of sulfone groups is 1. The molecule has 0 aliphatic heterocycles. The number of urea groups is 2. The van der Waals surface area contributed by atoms with E-state index in [1.807, 2.05) is 0 Å². The molecule has 0 aromatic carbocycles. The quantitative estimate of drug-likeness (QED) is 0.207. The summed E-state index contributed by atoms with van der Waals surface area (Å²) in [6.07, 6.45) is 20.5. The fourth-order valence-electron chi connectivity index (χ4n) is 9.11. The number of ether oxygens (including phenoxy) is 1. The molecular weight excluding hydrogens is 618 g/mol. The molecule has 0 aromatic rings. The van der Waals surface area contributed by atoms with E-state index in [0.29, 0.717) is 57.3 Å². The second kappa shape index (κ2) is 17.4. The first-order valence-electron chi connectivity index (χ1n) is 18.9. The number of hydrogen-bond acceptors (Lipinski definition) is 6. The molecule has 5 N–H and O–H groups in total. The van der Waals surface area contributed by atoms with Crippen molar-refractivity contribution < 1.29 is 27.5 Å². The molecule has 0 atom stereocenters. The molecule has 5 saturated carbocycles. The molecule has 0 unspecified atom stereocenters. The van der Waals surface area contributed by atoms with Crippen molar-refractivity contribution in [3.05, 3.63) is 0 Å². The van der Waals surface area contributed by atoms with Gasteiger partial charge in [0, 0.05) is 31.2 Å². The van der Waals surface area contributed by atoms with Gasteiger partial charge in [-0.2, -0.15) is 0 Å². The number of carbonyl (C=O) groups is 3. The Bertz CT molecular complexity index is 1120. The average Bonchev–Trinajstić information content (AvgIpc) is 3.07. The van der Waals surface area contributed by atoms with Crippen LogP contribution in [0.4, 0.5) is 14.4 Å². The first-order chi connectivity index (χ1) is 22.7. The summed E-state index contributed by atoms with van der Waals surface area (Å²) in [6.45, 7) is 0. The lowest BCUT2D eigenvalue weighted by atomic mass is 9.76. The molecule has 0 saturated heterocycles. The molecule has 11 nitrogen and oxygen atoms in total. The molecule has 0 radical (unpaired) electrons. The van der Waals surface area contributed by atoms with E-state index >= 15 is 0 Å². The van der Waals surface area contributed by atoms with Crippen molar-refractivity contribution in [1.82, 2.24) is 26.6 Å². The molecule has 0 bridgehead atoms. The van der Waals surface area contributed by atoms with Gasteiger partial charge in [0.05, 0.1) is 10.5 Å². The van der Waals surface area contributed by atoms with E-state index in [9.17, 15) is 22.8 Å². The van der Waals surface area contributed by atoms with Crippen molar-refractivity contribution in [3.8, 4) is 0 Å². The zero-order valence-electron chi connectivity index (χ0n) is 28.6. The lowest BCUT2D eigenvalue weighted by Crippen LogP contribution is -2.49. The zero-order chi connectivity index (χ0) is 33.2. The van der Waals surface area contributed by atoms with Crippen LogP contribution in [0.25, 0.3) is 0 Å². The van der Waals surface area contributed by atoms with Crippen molar-refractivity contribution in [2.75, 3.05) is 7.05 Å². The maximum atomic E-state index is 13.4. The molecular formula is C35H61N5O6S. The Morgan fingerprint density at radius 3 is 1.38 bits per heavy atom. The number of rotatable bonds is 9. The molecule has 5 rings (SSSR count). The van der Waals surface area contributed by atoms with E-state index in [2.05, 4.69) is 26.6 Å². The van der Waals surface area contributed by atoms with Crippen molar-refractivity contribution in [2.45, 2.75) is 182 Å². The molecule has 5 aliphatic carbocycles. The molecule has 5 amide bonds. The first-order valence-corrected chi connectivity index (χ1v) is 20.5. The van der Waals surface area contributed by atoms with Gasteiger partial charge in [-0.05, 0) is 147 Å². The van der Waals surface area contributed by atoms with E-state index < -0.39 is 9.84 Å². The minimum absolute atomic E-state index is 0.0176. The minimum atomic E-state index is -3.22. The Labute approximate surface area is 282 Å². The number of amides is 5. The van der Waals surface area contributed by atoms with Gasteiger partial charge in [0.2, 0.25) is 0 Å². The molecule has 268 valence electrons. The van der Waals surface area contributed by atoms with E-state index in [1.54, 1.807) is 7.05 Å². The van der Waals surface area contributed by atoms with Gasteiger partial charge >= 0.3 is 18.2 Å². The summed E-state index contributed by atoms with van der Waals surface area (Å²) in [6, 6.07) is 0.162. The van der Waals surface area contributed by atoms with Gasteiger partial charge in [0.15, 0.2) is 9.84 Å². The Balaban J connectivity index is 0.917. The summed E-state index contributed by atoms with van der Waals surface area (Å²) in [4.78, 5) is 36.8. The zero-order valence-corrected chi connectivity index (χ0v) is 29.4. The van der Waals surface area contributed by atoms with Crippen molar-refractivity contribution in [3.63, 3.8) is 0 Å². The Morgan fingerprint density at radius 1 is 0.532 bits per heavy atom. The smallest absolute Gasteiger partial charge is 0.407 e. The predicted octanol–water partition coefficient (Wildman–Crippen LogP) is 5.82. The molecule has 0 aromatic heterocycles. The summed E-state index contributed by atoms with van der Waals surface area (Å²) in [7, 11) is -1.64. The highest BCUT2D eigenvalue weighted by atomic mass is 32.2. The Kier molecular flexibility index (Phi) is 13.4. The highest BCUT2D eigenvalue weighted by Crippen LogP contribution is 2.36. The van der Waals surface area contributed by atoms with Crippen LogP contribution >= 0.6 is 0 Å². The monoisotopic (exact) mass is 679 g/mol. The molecule has 0 heterocycles. The van der Waals surface area contributed by atoms with Gasteiger partial charge in [0.25, 0.3) is 0 Å². The number of carbonyl (C=O) groups excluding carboxylic acids is 3. The summed E-state index contributed by atoms with van der Waals surface area (Å²) >= 11 is 0. The highest BCUT2D eigenvalue weighted by Gasteiger charge is 2.39. The topological polar surface area (TPSA) is 155 Å². The van der Waals surface area contributed by atoms with Gasteiger partial charge in [-0.1, -0.05) is 6.42 Å². The van der Waals surface area contributed by atoms with E-state index in [4.69, 9.17) is 4.74 Å². The van der Waals surface area contributed by atoms with E-state index in [0.717, 1.165) is 83.0 Å². The fourth-order valence-corrected chi connectivity index (χ4v) is 11.5. The van der Waals surface area contributed by atoms with Crippen LogP contribution in [-0.2, 0) is 14.6 Å². The maximum absolute atomic E-state index is 13.4. The van der Waals surface area contributed by atoms with Crippen LogP contribution in [0.15, 0.2) is 0 Å². The predicted molar refractivity (Wildman–Crippen MR) is 183 cm³/mol. The van der Waals surface area contributed by atoms with Gasteiger partial charge in [-0.15, -0.1) is 0 Å². The Hall–Kier alpha value is -2.24. The molecule has 5 fully saturated rings. The van der Waals surface area contributed by atoms with Crippen LogP contribution in [0.3, 0.4) is 0 Å². The van der Waals surface area contributed by atoms with Crippen molar-refractivity contribution >= 4 is 28.0 Å². The number of hydrogen-bond donors (Lipinski definition) is 5. The van der Waals surface area contributed by atoms with Crippen molar-refractivity contribution in [2.24, 2.45) is 11.8 Å². The minimum Gasteiger partial charge on any atom is -0.446 e. The standard InChI is InChI=1S/C35H61N5O6S/c1-36-33(41)37-27-15-19-31(20-16-27)47(44,45)32-21-17-28(18-22-32)39-34(42)38-26-11-7-24(8-12-26)23-25-9-13-29(14-10-25)40-35(43)46-30-5-3-2-4-6-30/h24-32H,2-23H2,1H3,(H,40,43)(H2,36,37,41)(H2,38,39,42). The van der Waals surface area contributed by atoms with Crippen LogP contribution in [0.1, 0.15) is 141 Å². The Morgan fingerprint density at radius 2 is 0.936 bits per heavy atom. The lowest BCUT2D eigenvalue weighted by Gasteiger charge is -2.35. The third-order valence-corrected chi connectivity index (χ3v) is 14.8. The van der Waals surface area contributed by atoms with Crippen LogP contribution in [0.5, 0.6) is 0 Å². The molecule has 0 spiro atoms. The highest BCUT2D eigenvalue weighted by molar-refractivity contribution is 7.92. The number of nitrogens with one attached hydrogen (secondary N) is 5. The normalized spacial score (nSPS) is 34.0. The average molecular weight is 680 g/mol. The summed E-state index contributed by atoms with van der Waals surface area (Å²) in [5.41, 5.74) is 0. The van der Waals surface area contributed by atoms with E-state index in [-0.39, 0.29) is 58.9 Å². The van der Waals surface area contributed by atoms with Crippen LogP contribution < -0.4 is 26.6 Å². The van der Waals surface area contributed by atoms with Gasteiger partial charge in [-0.25, -0.2) is 22.8 Å². The molecule has 47 heavy (non-hydrogen) atoms. The second-order valence-corrected chi connectivity index (χ2v) is 17.9. The van der Waals surface area contributed by atoms with Gasteiger partial charge < -0.3 is 31.3 Å². The lowest BCUT2D eigenvalue weighted by molar-refractivity contribution is 0.0704. The summed E-state index contributed by atoms with van der Waals surface area (Å²) in [5, 5.41) is 14.3. The summed E-state index contributed by atoms with van der Waals surface area (Å²) in [5.74, 6) is 1.43. The molecule has 5 aliphatic rings. The fraction of sp³-hybridized carbons (Fsp3) is 0.914. The maximum Gasteiger partial charge on any atom is 0.407 e. The third kappa shape index (κ3) is 10.9. The van der Waals surface area contributed by atoms with Crippen LogP contribution in [-0.4, -0.2) is 74.4 Å². The first kappa shape index (κ1) is 36.1. The SMILES string of the molecule is CNC(=O)NC1CCC(S(=O)(=O)C2CCC(NC(=O)NC3CCC(CC4CCC(NC(=O)OC5CCCCC5)CC4)CC3)CC2)CC1. The summed E-state index contributed by atoms with van der Waals surface area (Å²) < 4.78 is 32.4. The molecule has 12 heteroatoms. The number of alkyl carbamates (subject to hydrolysis) is 1. The van der Waals surface area contributed by atoms with Gasteiger partial charge in [0.1, 0.15) is 6.10 Å². The van der Waals surface area contributed by atoms with Crippen molar-refractivity contribution in [1.29, 1.82) is 0 Å². The van der Waals surface area contributed by atoms with Gasteiger partial charge in [-0.3, -0.25) is 0 Å². The largest absolute Gasteiger partial charge is 0.446 e.